The molecule has 1 aliphatic rings. The summed E-state index contributed by atoms with van der Waals surface area (Å²) in [5.41, 5.74) is 7.89. The average molecular weight is 560 g/mol. The van der Waals surface area contributed by atoms with Crippen molar-refractivity contribution in [3.8, 4) is 5.69 Å². The fraction of sp³-hybridized carbons (Fsp3) is 0.258. The highest BCUT2D eigenvalue weighted by molar-refractivity contribution is 7.07. The highest BCUT2D eigenvalue weighted by Gasteiger charge is 2.34. The van der Waals surface area contributed by atoms with E-state index in [1.165, 1.54) is 22.5 Å². The lowest BCUT2D eigenvalue weighted by atomic mass is 9.96. The van der Waals surface area contributed by atoms with Gasteiger partial charge >= 0.3 is 5.97 Å². The molecule has 0 aliphatic carbocycles. The highest BCUT2D eigenvalue weighted by atomic mass is 35.5. The zero-order valence-corrected chi connectivity index (χ0v) is 24.4. The average Bonchev–Trinajstić information content (AvgIpc) is 3.35. The number of fused-ring (bicyclic) bond motifs is 1. The van der Waals surface area contributed by atoms with Crippen LogP contribution < -0.4 is 14.9 Å². The van der Waals surface area contributed by atoms with E-state index >= 15 is 0 Å². The molecule has 0 spiro atoms. The molecule has 4 aromatic rings. The lowest BCUT2D eigenvalue weighted by Crippen LogP contribution is -2.40. The number of thiazole rings is 1. The molecule has 0 saturated carbocycles. The number of aryl methyl sites for hydroxylation is 2. The molecule has 0 unspecified atom stereocenters. The molecule has 200 valence electrons. The summed E-state index contributed by atoms with van der Waals surface area (Å²) in [5, 5.41) is 0.464. The molecule has 2 aromatic carbocycles. The lowest BCUT2D eigenvalue weighted by molar-refractivity contribution is -0.139. The van der Waals surface area contributed by atoms with E-state index in [1.807, 2.05) is 24.3 Å². The maximum atomic E-state index is 14.0. The zero-order valence-electron chi connectivity index (χ0n) is 22.8. The number of allylic oxidation sites excluding steroid dienone is 1. The van der Waals surface area contributed by atoms with E-state index < -0.39 is 12.0 Å². The molecule has 1 atom stereocenters. The van der Waals surface area contributed by atoms with Gasteiger partial charge in [0, 0.05) is 22.1 Å². The summed E-state index contributed by atoms with van der Waals surface area (Å²) in [4.78, 5) is 32.2. The molecule has 0 saturated heterocycles. The number of hydrogen-bond donors (Lipinski definition) is 0. The number of benzene rings is 2. The molecule has 6 nitrogen and oxygen atoms in total. The quantitative estimate of drug-likeness (QED) is 0.304. The molecule has 5 rings (SSSR count). The first-order chi connectivity index (χ1) is 18.6. The zero-order chi connectivity index (χ0) is 28.0. The molecular weight excluding hydrogens is 530 g/mol. The van der Waals surface area contributed by atoms with Crippen LogP contribution in [0.4, 0.5) is 0 Å². The van der Waals surface area contributed by atoms with Gasteiger partial charge in [-0.3, -0.25) is 9.36 Å². The van der Waals surface area contributed by atoms with Crippen LogP contribution in [0.15, 0.2) is 69.6 Å². The first kappa shape index (κ1) is 26.9. The highest BCUT2D eigenvalue weighted by Crippen LogP contribution is 2.34. The second kappa shape index (κ2) is 10.5. The summed E-state index contributed by atoms with van der Waals surface area (Å²) in [6, 6.07) is 14.9. The Kier molecular flexibility index (Phi) is 7.23. The Morgan fingerprint density at radius 3 is 2.56 bits per heavy atom. The molecule has 39 heavy (non-hydrogen) atoms. The van der Waals surface area contributed by atoms with Crippen molar-refractivity contribution in [2.24, 2.45) is 4.99 Å². The Labute approximate surface area is 236 Å². The fourth-order valence-electron chi connectivity index (χ4n) is 5.21. The molecule has 0 N–H and O–H groups in total. The van der Waals surface area contributed by atoms with Gasteiger partial charge in [0.1, 0.15) is 6.04 Å². The van der Waals surface area contributed by atoms with Gasteiger partial charge in [-0.1, -0.05) is 53.3 Å². The van der Waals surface area contributed by atoms with Gasteiger partial charge in [0.2, 0.25) is 0 Å². The topological polar surface area (TPSA) is 65.6 Å². The summed E-state index contributed by atoms with van der Waals surface area (Å²) in [6.45, 7) is 12.1. The number of carbonyl (C=O) groups excluding carboxylic acids is 1. The van der Waals surface area contributed by atoms with Crippen LogP contribution in [0, 0.1) is 27.7 Å². The molecule has 0 bridgehead atoms. The van der Waals surface area contributed by atoms with E-state index in [2.05, 4.69) is 61.5 Å². The van der Waals surface area contributed by atoms with Crippen LogP contribution in [0.25, 0.3) is 11.8 Å². The minimum Gasteiger partial charge on any atom is -0.463 e. The number of ether oxygens (including phenoxy) is 1. The standard InChI is InChI=1S/C31H30ClN3O3S/c1-7-38-30(37)27-20(5)33-31-35(28(27)23-12-8-9-13-24(23)32)29(36)26(39-31)16-22-15-18(3)34(21(22)6)25-14-10-11-17(2)19(25)4/h8-16,28H,7H2,1-6H3/b26-16-/t28-/m0/s1. The Morgan fingerprint density at radius 2 is 1.85 bits per heavy atom. The monoisotopic (exact) mass is 559 g/mol. The van der Waals surface area contributed by atoms with E-state index in [4.69, 9.17) is 16.3 Å². The van der Waals surface area contributed by atoms with Crippen LogP contribution in [-0.4, -0.2) is 21.7 Å². The number of halogens is 1. The first-order valence-electron chi connectivity index (χ1n) is 12.8. The van der Waals surface area contributed by atoms with Crippen LogP contribution >= 0.6 is 22.9 Å². The Balaban J connectivity index is 1.72. The summed E-state index contributed by atoms with van der Waals surface area (Å²) < 4.78 is 9.70. The predicted octanol–water partition coefficient (Wildman–Crippen LogP) is 5.48. The first-order valence-corrected chi connectivity index (χ1v) is 14.0. The smallest absolute Gasteiger partial charge is 0.338 e. The van der Waals surface area contributed by atoms with Gasteiger partial charge in [-0.2, -0.15) is 0 Å². The Hall–Kier alpha value is -3.68. The van der Waals surface area contributed by atoms with Crippen molar-refractivity contribution in [3.05, 3.63) is 118 Å². The second-order valence-corrected chi connectivity index (χ2v) is 11.1. The van der Waals surface area contributed by atoms with E-state index in [0.29, 0.717) is 31.2 Å². The molecule has 0 radical (unpaired) electrons. The number of esters is 1. The summed E-state index contributed by atoms with van der Waals surface area (Å²) in [7, 11) is 0. The van der Waals surface area contributed by atoms with Gasteiger partial charge in [-0.05, 0) is 88.1 Å². The van der Waals surface area contributed by atoms with Gasteiger partial charge in [-0.25, -0.2) is 9.79 Å². The van der Waals surface area contributed by atoms with Crippen LogP contribution in [-0.2, 0) is 9.53 Å². The number of nitrogens with zero attached hydrogens (tertiary/aromatic N) is 3. The summed E-state index contributed by atoms with van der Waals surface area (Å²) in [5.74, 6) is -0.505. The van der Waals surface area contributed by atoms with E-state index in [9.17, 15) is 9.59 Å². The molecule has 1 aliphatic heterocycles. The van der Waals surface area contributed by atoms with Gasteiger partial charge in [0.05, 0.1) is 22.4 Å². The van der Waals surface area contributed by atoms with Crippen LogP contribution in [0.5, 0.6) is 0 Å². The van der Waals surface area contributed by atoms with Crippen LogP contribution in [0.2, 0.25) is 5.02 Å². The molecule has 0 amide bonds. The third-order valence-electron chi connectivity index (χ3n) is 7.29. The van der Waals surface area contributed by atoms with E-state index in [1.54, 1.807) is 24.5 Å². The van der Waals surface area contributed by atoms with E-state index in [0.717, 1.165) is 22.6 Å². The van der Waals surface area contributed by atoms with Crippen molar-refractivity contribution >= 4 is 35.0 Å². The molecular formula is C31H30ClN3O3S. The maximum absolute atomic E-state index is 14.0. The van der Waals surface area contributed by atoms with Crippen LogP contribution in [0.1, 0.15) is 53.5 Å². The van der Waals surface area contributed by atoms with Gasteiger partial charge in [-0.15, -0.1) is 0 Å². The largest absolute Gasteiger partial charge is 0.463 e. The number of aromatic nitrogens is 2. The summed E-state index contributed by atoms with van der Waals surface area (Å²) >= 11 is 7.91. The van der Waals surface area contributed by atoms with Crippen molar-refractivity contribution < 1.29 is 9.53 Å². The minimum absolute atomic E-state index is 0.214. The third kappa shape index (κ3) is 4.60. The van der Waals surface area contributed by atoms with Gasteiger partial charge in [0.15, 0.2) is 4.80 Å². The number of carbonyl (C=O) groups is 1. The predicted molar refractivity (Wildman–Crippen MR) is 157 cm³/mol. The van der Waals surface area contributed by atoms with Crippen molar-refractivity contribution in [2.45, 2.75) is 47.6 Å². The molecule has 0 fully saturated rings. The molecule has 8 heteroatoms. The van der Waals surface area contributed by atoms with Gasteiger partial charge < -0.3 is 9.30 Å². The summed E-state index contributed by atoms with van der Waals surface area (Å²) in [6.07, 6.45) is 1.92. The Bertz CT molecular complexity index is 1840. The van der Waals surface area contributed by atoms with Crippen molar-refractivity contribution in [3.63, 3.8) is 0 Å². The fourth-order valence-corrected chi connectivity index (χ4v) is 6.48. The second-order valence-electron chi connectivity index (χ2n) is 9.70. The molecule has 2 aromatic heterocycles. The Morgan fingerprint density at radius 1 is 1.10 bits per heavy atom. The van der Waals surface area contributed by atoms with E-state index in [-0.39, 0.29) is 12.2 Å². The SMILES string of the molecule is CCOC(=O)C1=C(C)N=c2s/c(=C\c3cc(C)n(-c4cccc(C)c4C)c3C)c(=O)n2[C@H]1c1ccccc1Cl. The van der Waals surface area contributed by atoms with Crippen molar-refractivity contribution in [1.82, 2.24) is 9.13 Å². The van der Waals surface area contributed by atoms with Crippen molar-refractivity contribution in [1.29, 1.82) is 0 Å². The van der Waals surface area contributed by atoms with Gasteiger partial charge in [0.25, 0.3) is 5.56 Å². The van der Waals surface area contributed by atoms with Crippen molar-refractivity contribution in [2.75, 3.05) is 6.61 Å². The minimum atomic E-state index is -0.737. The third-order valence-corrected chi connectivity index (χ3v) is 8.62. The maximum Gasteiger partial charge on any atom is 0.338 e. The normalized spacial score (nSPS) is 15.4. The number of rotatable bonds is 5. The van der Waals surface area contributed by atoms with Crippen LogP contribution in [0.3, 0.4) is 0 Å². The number of hydrogen-bond acceptors (Lipinski definition) is 5. The molecule has 3 heterocycles. The lowest BCUT2D eigenvalue weighted by Gasteiger charge is -2.25.